The van der Waals surface area contributed by atoms with Gasteiger partial charge in [-0.2, -0.15) is 0 Å². The molecule has 0 saturated carbocycles. The smallest absolute Gasteiger partial charge is 0.343 e. The van der Waals surface area contributed by atoms with E-state index in [1.165, 1.54) is 0 Å². The maximum Gasteiger partial charge on any atom is 0.356 e. The van der Waals surface area contributed by atoms with E-state index in [4.69, 9.17) is 11.9 Å². The van der Waals surface area contributed by atoms with E-state index in [9.17, 15) is 4.79 Å². The van der Waals surface area contributed by atoms with Crippen LogP contribution in [0, 0.1) is 11.5 Å². The van der Waals surface area contributed by atoms with Crippen molar-refractivity contribution in [3.05, 3.63) is 35.4 Å². The summed E-state index contributed by atoms with van der Waals surface area (Å²) in [5.74, 6) is 2.51. The van der Waals surface area contributed by atoms with Gasteiger partial charge < -0.3 is 4.29 Å². The Morgan fingerprint density at radius 1 is 1.38 bits per heavy atom. The lowest BCUT2D eigenvalue weighted by Gasteiger charge is -2.03. The normalized spacial score (nSPS) is 10.2. The quantitative estimate of drug-likeness (QED) is 0.567. The van der Waals surface area contributed by atoms with Gasteiger partial charge in [0, 0.05) is 5.56 Å². The molecule has 0 spiro atoms. The lowest BCUT2D eigenvalue weighted by molar-refractivity contribution is 0.0751. The van der Waals surface area contributed by atoms with E-state index in [1.807, 2.05) is 6.07 Å². The molecule has 1 rings (SSSR count). The summed E-state index contributed by atoms with van der Waals surface area (Å²) in [7, 11) is -1.40. The first-order valence-electron chi connectivity index (χ1n) is 4.88. The van der Waals surface area contributed by atoms with Crippen molar-refractivity contribution in [1.82, 2.24) is 0 Å². The van der Waals surface area contributed by atoms with Gasteiger partial charge in [-0.3, -0.25) is 0 Å². The second-order valence-corrected chi connectivity index (χ2v) is 9.35. The van der Waals surface area contributed by atoms with Crippen molar-refractivity contribution in [2.45, 2.75) is 19.6 Å². The Bertz CT molecular complexity index is 452. The SMILES string of the molecule is C[Si](C)(C)C#Cc1cccc(C(=O)OCl)c1. The van der Waals surface area contributed by atoms with E-state index < -0.39 is 14.0 Å². The number of carbonyl (C=O) groups excluding carboxylic acids is 1. The van der Waals surface area contributed by atoms with Gasteiger partial charge in [0.15, 0.2) is 0 Å². The van der Waals surface area contributed by atoms with E-state index in [-0.39, 0.29) is 0 Å². The van der Waals surface area contributed by atoms with Crippen LogP contribution in [0.1, 0.15) is 15.9 Å². The zero-order valence-electron chi connectivity index (χ0n) is 9.50. The Kier molecular flexibility index (Phi) is 4.16. The highest BCUT2D eigenvalue weighted by atomic mass is 35.5. The third kappa shape index (κ3) is 4.09. The van der Waals surface area contributed by atoms with Crippen molar-refractivity contribution in [3.8, 4) is 11.5 Å². The van der Waals surface area contributed by atoms with E-state index in [0.717, 1.165) is 5.56 Å². The number of rotatable bonds is 1. The summed E-state index contributed by atoms with van der Waals surface area (Å²) in [6.45, 7) is 6.49. The molecule has 0 saturated heterocycles. The summed E-state index contributed by atoms with van der Waals surface area (Å²) in [4.78, 5) is 11.2. The van der Waals surface area contributed by atoms with E-state index >= 15 is 0 Å². The average Bonchev–Trinajstić information content (AvgIpc) is 2.25. The lowest BCUT2D eigenvalue weighted by Crippen LogP contribution is -2.16. The van der Waals surface area contributed by atoms with Crippen LogP contribution in [-0.4, -0.2) is 14.0 Å². The van der Waals surface area contributed by atoms with Crippen LogP contribution < -0.4 is 0 Å². The molecule has 16 heavy (non-hydrogen) atoms. The molecule has 0 heterocycles. The number of carbonyl (C=O) groups is 1. The number of hydrogen-bond donors (Lipinski definition) is 0. The molecule has 0 bridgehead atoms. The van der Waals surface area contributed by atoms with Gasteiger partial charge in [0.25, 0.3) is 0 Å². The Morgan fingerprint density at radius 3 is 2.62 bits per heavy atom. The molecular weight excluding hydrogens is 240 g/mol. The lowest BCUT2D eigenvalue weighted by atomic mass is 10.1. The molecule has 0 aliphatic heterocycles. The zero-order valence-corrected chi connectivity index (χ0v) is 11.3. The second-order valence-electron chi connectivity index (χ2n) is 4.45. The van der Waals surface area contributed by atoms with Crippen LogP contribution in [0.4, 0.5) is 0 Å². The fourth-order valence-electron chi connectivity index (χ4n) is 1.03. The van der Waals surface area contributed by atoms with Gasteiger partial charge in [0.1, 0.15) is 19.9 Å². The van der Waals surface area contributed by atoms with Crippen LogP contribution in [0.3, 0.4) is 0 Å². The standard InChI is InChI=1S/C12H13ClO2Si/c1-16(2,3)8-7-10-5-4-6-11(9-10)12(14)15-13/h4-6,9H,1-3H3. The van der Waals surface area contributed by atoms with Crippen molar-refractivity contribution in [2.75, 3.05) is 0 Å². The third-order valence-corrected chi connectivity index (χ3v) is 2.77. The van der Waals surface area contributed by atoms with Gasteiger partial charge in [0.05, 0.1) is 5.56 Å². The molecule has 84 valence electrons. The highest BCUT2D eigenvalue weighted by molar-refractivity contribution is 6.83. The van der Waals surface area contributed by atoms with Crippen LogP contribution in [-0.2, 0) is 4.29 Å². The monoisotopic (exact) mass is 252 g/mol. The first-order valence-corrected chi connectivity index (χ1v) is 8.69. The molecule has 0 aromatic heterocycles. The van der Waals surface area contributed by atoms with Gasteiger partial charge in [-0.05, 0) is 18.2 Å². The molecule has 0 unspecified atom stereocenters. The van der Waals surface area contributed by atoms with E-state index in [0.29, 0.717) is 5.56 Å². The van der Waals surface area contributed by atoms with Crippen LogP contribution in [0.15, 0.2) is 24.3 Å². The average molecular weight is 253 g/mol. The van der Waals surface area contributed by atoms with E-state index in [1.54, 1.807) is 18.2 Å². The molecule has 0 atom stereocenters. The number of hydrogen-bond acceptors (Lipinski definition) is 2. The first kappa shape index (κ1) is 12.8. The van der Waals surface area contributed by atoms with Gasteiger partial charge in [0.2, 0.25) is 0 Å². The van der Waals surface area contributed by atoms with Crippen molar-refractivity contribution in [1.29, 1.82) is 0 Å². The largest absolute Gasteiger partial charge is 0.356 e. The van der Waals surface area contributed by atoms with Crippen LogP contribution in [0.25, 0.3) is 0 Å². The maximum absolute atomic E-state index is 11.2. The third-order valence-electron chi connectivity index (χ3n) is 1.75. The zero-order chi connectivity index (χ0) is 12.2. The van der Waals surface area contributed by atoms with Crippen LogP contribution in [0.5, 0.6) is 0 Å². The second kappa shape index (κ2) is 5.20. The predicted octanol–water partition coefficient (Wildman–Crippen LogP) is 3.23. The molecule has 0 aliphatic rings. The Labute approximate surface area is 102 Å². The molecule has 1 aromatic carbocycles. The molecule has 4 heteroatoms. The molecule has 0 N–H and O–H groups in total. The molecule has 0 fully saturated rings. The maximum atomic E-state index is 11.2. The van der Waals surface area contributed by atoms with Gasteiger partial charge in [-0.1, -0.05) is 31.6 Å². The molecule has 0 aliphatic carbocycles. The minimum Gasteiger partial charge on any atom is -0.343 e. The Morgan fingerprint density at radius 2 is 2.06 bits per heavy atom. The minimum atomic E-state index is -1.40. The molecule has 0 radical (unpaired) electrons. The molecular formula is C12H13ClO2Si. The number of benzene rings is 1. The number of halogens is 1. The summed E-state index contributed by atoms with van der Waals surface area (Å²) in [6, 6.07) is 6.94. The van der Waals surface area contributed by atoms with Crippen molar-refractivity contribution < 1.29 is 9.08 Å². The summed E-state index contributed by atoms with van der Waals surface area (Å²) in [6.07, 6.45) is 0. The summed E-state index contributed by atoms with van der Waals surface area (Å²) < 4.78 is 4.13. The summed E-state index contributed by atoms with van der Waals surface area (Å²) in [5.41, 5.74) is 4.45. The summed E-state index contributed by atoms with van der Waals surface area (Å²) in [5, 5.41) is 0. The topological polar surface area (TPSA) is 26.3 Å². The Hall–Kier alpha value is -1.24. The molecule has 2 nitrogen and oxygen atoms in total. The molecule has 0 amide bonds. The molecule has 1 aromatic rings. The van der Waals surface area contributed by atoms with Crippen LogP contribution >= 0.6 is 11.9 Å². The van der Waals surface area contributed by atoms with Gasteiger partial charge in [-0.25, -0.2) is 4.79 Å². The van der Waals surface area contributed by atoms with Crippen molar-refractivity contribution >= 4 is 25.9 Å². The summed E-state index contributed by atoms with van der Waals surface area (Å²) >= 11 is 5.01. The van der Waals surface area contributed by atoms with Crippen molar-refractivity contribution in [2.24, 2.45) is 0 Å². The van der Waals surface area contributed by atoms with Crippen molar-refractivity contribution in [3.63, 3.8) is 0 Å². The Balaban J connectivity index is 2.99. The fourth-order valence-corrected chi connectivity index (χ4v) is 1.64. The van der Waals surface area contributed by atoms with Crippen LogP contribution in [0.2, 0.25) is 19.6 Å². The highest BCUT2D eigenvalue weighted by Gasteiger charge is 2.08. The highest BCUT2D eigenvalue weighted by Crippen LogP contribution is 2.07. The predicted molar refractivity (Wildman–Crippen MR) is 67.9 cm³/mol. The van der Waals surface area contributed by atoms with E-state index in [2.05, 4.69) is 35.4 Å². The van der Waals surface area contributed by atoms with Gasteiger partial charge in [-0.15, -0.1) is 5.54 Å². The first-order chi connectivity index (χ1) is 7.42. The van der Waals surface area contributed by atoms with Gasteiger partial charge >= 0.3 is 5.97 Å². The minimum absolute atomic E-state index is 0.414. The fraction of sp³-hybridized carbons (Fsp3) is 0.250.